The van der Waals surface area contributed by atoms with E-state index in [0.717, 1.165) is 40.9 Å². The van der Waals surface area contributed by atoms with Crippen LogP contribution in [0.15, 0.2) is 53.4 Å². The minimum atomic E-state index is -0.379. The van der Waals surface area contributed by atoms with Crippen LogP contribution in [0.1, 0.15) is 64.9 Å². The number of allylic oxidation sites excluding steroid dienone is 4. The Bertz CT molecular complexity index is 1010. The second-order valence-corrected chi connectivity index (χ2v) is 10.7. The van der Waals surface area contributed by atoms with E-state index in [-0.39, 0.29) is 28.3 Å². The van der Waals surface area contributed by atoms with Crippen LogP contribution in [-0.2, 0) is 9.59 Å². The fourth-order valence-electron chi connectivity index (χ4n) is 5.35. The molecule has 0 unspecified atom stereocenters. The maximum atomic E-state index is 13.4. The summed E-state index contributed by atoms with van der Waals surface area (Å²) in [5.74, 6) is 1.05. The molecule has 0 atom stereocenters. The summed E-state index contributed by atoms with van der Waals surface area (Å²) < 4.78 is 11.3. The van der Waals surface area contributed by atoms with Gasteiger partial charge in [0.2, 0.25) is 0 Å². The summed E-state index contributed by atoms with van der Waals surface area (Å²) >= 11 is 0. The predicted octanol–water partition coefficient (Wildman–Crippen LogP) is 5.23. The lowest BCUT2D eigenvalue weighted by atomic mass is 9.64. The predicted molar refractivity (Wildman–Crippen MR) is 125 cm³/mol. The monoisotopic (exact) mass is 435 g/mol. The molecule has 170 valence electrons. The molecule has 0 amide bonds. The molecular weight excluding hydrogens is 402 g/mol. The van der Waals surface area contributed by atoms with Crippen molar-refractivity contribution in [2.24, 2.45) is 10.8 Å². The van der Waals surface area contributed by atoms with E-state index < -0.39 is 0 Å². The lowest BCUT2D eigenvalue weighted by Crippen LogP contribution is -2.42. The highest BCUT2D eigenvalue weighted by atomic mass is 16.5. The Morgan fingerprint density at radius 2 is 1.53 bits per heavy atom. The summed E-state index contributed by atoms with van der Waals surface area (Å²) in [5.41, 5.74) is 4.06. The number of hydrogen-bond acceptors (Lipinski definition) is 5. The van der Waals surface area contributed by atoms with Gasteiger partial charge < -0.3 is 14.8 Å². The van der Waals surface area contributed by atoms with Crippen molar-refractivity contribution in [2.45, 2.75) is 59.3 Å². The summed E-state index contributed by atoms with van der Waals surface area (Å²) in [7, 11) is 1.60. The number of carbonyl (C=O) groups excluding carboxylic acids is 2. The molecule has 1 N–H and O–H groups in total. The number of dihydropyridines is 1. The van der Waals surface area contributed by atoms with E-state index in [0.29, 0.717) is 30.9 Å². The Morgan fingerprint density at radius 1 is 0.969 bits per heavy atom. The Kier molecular flexibility index (Phi) is 5.56. The zero-order valence-corrected chi connectivity index (χ0v) is 19.8. The molecule has 0 saturated carbocycles. The van der Waals surface area contributed by atoms with Crippen LogP contribution in [0.2, 0.25) is 0 Å². The molecule has 0 aromatic heterocycles. The number of hydrogen-bond donors (Lipinski definition) is 1. The van der Waals surface area contributed by atoms with Gasteiger partial charge >= 0.3 is 0 Å². The normalized spacial score (nSPS) is 22.2. The first-order valence-corrected chi connectivity index (χ1v) is 11.3. The molecule has 1 aliphatic heterocycles. The van der Waals surface area contributed by atoms with E-state index in [1.54, 1.807) is 13.2 Å². The molecule has 5 heteroatoms. The van der Waals surface area contributed by atoms with Crippen LogP contribution in [-0.4, -0.2) is 25.3 Å². The third-order valence-electron chi connectivity index (χ3n) is 6.60. The van der Waals surface area contributed by atoms with Crippen LogP contribution in [0.25, 0.3) is 0 Å². The number of nitrogens with one attached hydrogen (secondary N) is 1. The molecule has 2 aliphatic carbocycles. The maximum absolute atomic E-state index is 13.4. The summed E-state index contributed by atoms with van der Waals surface area (Å²) in [6.45, 7) is 12.6. The van der Waals surface area contributed by atoms with E-state index in [1.165, 1.54) is 0 Å². The van der Waals surface area contributed by atoms with E-state index in [2.05, 4.69) is 39.6 Å². The topological polar surface area (TPSA) is 64.6 Å². The lowest BCUT2D eigenvalue weighted by Gasteiger charge is -2.44. The van der Waals surface area contributed by atoms with Crippen molar-refractivity contribution in [2.75, 3.05) is 13.7 Å². The largest absolute Gasteiger partial charge is 0.493 e. The van der Waals surface area contributed by atoms with Crippen LogP contribution in [0, 0.1) is 10.8 Å². The van der Waals surface area contributed by atoms with Gasteiger partial charge in [-0.05, 0) is 41.4 Å². The standard InChI is InChI=1S/C27H33NO4/c1-7-10-32-21-9-8-16(11-22(21)31-6)23-24-17(12-26(2,3)14-19(24)29)28-18-13-27(4,5)15-20(30)25(18)23/h7-9,11,23,28H,1,10,12-15H2,2-6H3. The van der Waals surface area contributed by atoms with Crippen molar-refractivity contribution in [1.82, 2.24) is 5.32 Å². The smallest absolute Gasteiger partial charge is 0.162 e. The van der Waals surface area contributed by atoms with Crippen LogP contribution < -0.4 is 14.8 Å². The SMILES string of the molecule is C=CCOc1ccc(C2C3=C(CC(C)(C)CC3=O)NC3=C2C(=O)CC(C)(C)C3)cc1OC. The Balaban J connectivity index is 1.87. The summed E-state index contributed by atoms with van der Waals surface area (Å²) in [5, 5.41) is 3.55. The van der Waals surface area contributed by atoms with Gasteiger partial charge in [-0.1, -0.05) is 46.4 Å². The molecule has 4 rings (SSSR count). The van der Waals surface area contributed by atoms with E-state index >= 15 is 0 Å². The molecule has 0 radical (unpaired) electrons. The van der Waals surface area contributed by atoms with Gasteiger partial charge in [0.05, 0.1) is 7.11 Å². The number of ketones is 2. The molecule has 3 aliphatic rings. The van der Waals surface area contributed by atoms with Gasteiger partial charge in [-0.2, -0.15) is 0 Å². The zero-order valence-electron chi connectivity index (χ0n) is 19.8. The quantitative estimate of drug-likeness (QED) is 0.642. The number of benzene rings is 1. The molecule has 32 heavy (non-hydrogen) atoms. The first kappa shape index (κ1) is 22.4. The van der Waals surface area contributed by atoms with Crippen LogP contribution in [0.5, 0.6) is 11.5 Å². The van der Waals surface area contributed by atoms with E-state index in [1.807, 2.05) is 18.2 Å². The number of rotatable bonds is 5. The Labute approximate surface area is 190 Å². The molecule has 0 saturated heterocycles. The second-order valence-electron chi connectivity index (χ2n) is 10.7. The van der Waals surface area contributed by atoms with Crippen LogP contribution in [0.4, 0.5) is 0 Å². The maximum Gasteiger partial charge on any atom is 0.162 e. The third-order valence-corrected chi connectivity index (χ3v) is 6.60. The molecule has 5 nitrogen and oxygen atoms in total. The Morgan fingerprint density at radius 3 is 2.03 bits per heavy atom. The van der Waals surface area contributed by atoms with Gasteiger partial charge in [-0.3, -0.25) is 9.59 Å². The summed E-state index contributed by atoms with van der Waals surface area (Å²) in [4.78, 5) is 26.8. The third kappa shape index (κ3) is 4.01. The van der Waals surface area contributed by atoms with Gasteiger partial charge in [0.25, 0.3) is 0 Å². The molecule has 0 spiro atoms. The van der Waals surface area contributed by atoms with Crippen LogP contribution in [0.3, 0.4) is 0 Å². The molecule has 1 heterocycles. The minimum absolute atomic E-state index is 0.111. The van der Waals surface area contributed by atoms with Crippen molar-refractivity contribution >= 4 is 11.6 Å². The number of Topliss-reactive ketones (excluding diaryl/α,β-unsaturated/α-hetero) is 2. The lowest BCUT2D eigenvalue weighted by molar-refractivity contribution is -0.119. The van der Waals surface area contributed by atoms with Crippen LogP contribution >= 0.6 is 0 Å². The molecule has 0 fully saturated rings. The molecule has 1 aromatic rings. The first-order valence-electron chi connectivity index (χ1n) is 11.3. The highest BCUT2D eigenvalue weighted by Gasteiger charge is 2.46. The number of ether oxygens (including phenoxy) is 2. The average molecular weight is 436 g/mol. The number of methoxy groups -OCH3 is 1. The first-order chi connectivity index (χ1) is 15.0. The van der Waals surface area contributed by atoms with E-state index in [9.17, 15) is 9.59 Å². The van der Waals surface area contributed by atoms with Gasteiger partial charge in [0.1, 0.15) is 6.61 Å². The summed E-state index contributed by atoms with van der Waals surface area (Å²) in [6.07, 6.45) is 4.20. The van der Waals surface area contributed by atoms with E-state index in [4.69, 9.17) is 9.47 Å². The van der Waals surface area contributed by atoms with Crippen molar-refractivity contribution in [3.8, 4) is 11.5 Å². The average Bonchev–Trinajstić information content (AvgIpc) is 2.68. The second kappa shape index (κ2) is 7.95. The van der Waals surface area contributed by atoms with Gasteiger partial charge in [0.15, 0.2) is 23.1 Å². The highest BCUT2D eigenvalue weighted by molar-refractivity contribution is 6.06. The minimum Gasteiger partial charge on any atom is -0.493 e. The molecule has 1 aromatic carbocycles. The number of carbonyl (C=O) groups is 2. The van der Waals surface area contributed by atoms with Crippen molar-refractivity contribution in [3.05, 3.63) is 59.0 Å². The van der Waals surface area contributed by atoms with Crippen molar-refractivity contribution < 1.29 is 19.1 Å². The highest BCUT2D eigenvalue weighted by Crippen LogP contribution is 2.51. The molecular formula is C27H33NO4. The fraction of sp³-hybridized carbons (Fsp3) is 0.481. The van der Waals surface area contributed by atoms with Crippen molar-refractivity contribution in [1.29, 1.82) is 0 Å². The Hall–Kier alpha value is -2.82. The van der Waals surface area contributed by atoms with Crippen molar-refractivity contribution in [3.63, 3.8) is 0 Å². The van der Waals surface area contributed by atoms with Gasteiger partial charge in [-0.15, -0.1) is 0 Å². The molecule has 0 bridgehead atoms. The van der Waals surface area contributed by atoms with Gasteiger partial charge in [-0.25, -0.2) is 0 Å². The fourth-order valence-corrected chi connectivity index (χ4v) is 5.35. The van der Waals surface area contributed by atoms with Gasteiger partial charge in [0, 0.05) is 41.3 Å². The zero-order chi connectivity index (χ0) is 23.3. The summed E-state index contributed by atoms with van der Waals surface area (Å²) in [6, 6.07) is 5.71.